The van der Waals surface area contributed by atoms with Gasteiger partial charge in [0, 0.05) is 6.61 Å². The molecular weight excluding hydrogens is 311 g/mol. The highest BCUT2D eigenvalue weighted by Crippen LogP contribution is 2.30. The smallest absolute Gasteiger partial charge is 0.389 e. The van der Waals surface area contributed by atoms with Crippen molar-refractivity contribution in [2.75, 3.05) is 13.2 Å². The molecule has 1 aromatic rings. The monoisotopic (exact) mass is 325 g/mol. The molecule has 2 rings (SSSR count). The van der Waals surface area contributed by atoms with E-state index in [1.165, 1.54) is 0 Å². The van der Waals surface area contributed by atoms with Gasteiger partial charge in [0.25, 0.3) is 0 Å². The zero-order chi connectivity index (χ0) is 15.7. The fraction of sp³-hybridized carbons (Fsp3) is 0.500. The van der Waals surface area contributed by atoms with E-state index in [9.17, 15) is 26.7 Å². The molecule has 0 aliphatic carbocycles. The molecular formula is C12H14F3NO4S. The normalized spacial score (nSPS) is 24.0. The average Bonchev–Trinajstić information content (AvgIpc) is 2.40. The second-order valence-electron chi connectivity index (χ2n) is 4.68. The van der Waals surface area contributed by atoms with Crippen LogP contribution in [0, 0.1) is 0 Å². The van der Waals surface area contributed by atoms with E-state index < -0.39 is 38.8 Å². The maximum absolute atomic E-state index is 12.6. The summed E-state index contributed by atoms with van der Waals surface area (Å²) in [6.45, 7) is 0.253. The summed E-state index contributed by atoms with van der Waals surface area (Å²) < 4.78 is 69.2. The lowest BCUT2D eigenvalue weighted by Gasteiger charge is -2.28. The number of sulfonamides is 1. The third kappa shape index (κ3) is 3.94. The average molecular weight is 325 g/mol. The van der Waals surface area contributed by atoms with Crippen LogP contribution < -0.4 is 4.72 Å². The Kier molecular flexibility index (Phi) is 4.57. The van der Waals surface area contributed by atoms with E-state index in [-0.39, 0.29) is 19.6 Å². The molecule has 1 heterocycles. The van der Waals surface area contributed by atoms with Crippen LogP contribution in [0.4, 0.5) is 13.2 Å². The van der Waals surface area contributed by atoms with Crippen molar-refractivity contribution in [2.45, 2.75) is 29.6 Å². The Morgan fingerprint density at radius 3 is 2.67 bits per heavy atom. The number of nitrogens with one attached hydrogen (secondary N) is 1. The second kappa shape index (κ2) is 5.91. The summed E-state index contributed by atoms with van der Waals surface area (Å²) in [5, 5.41) is 9.63. The number of hydrogen-bond acceptors (Lipinski definition) is 4. The predicted octanol–water partition coefficient (Wildman–Crippen LogP) is 1.13. The molecule has 0 bridgehead atoms. The van der Waals surface area contributed by atoms with Crippen molar-refractivity contribution in [2.24, 2.45) is 0 Å². The number of ether oxygens (including phenoxy) is 1. The van der Waals surface area contributed by atoms with Gasteiger partial charge in [0.1, 0.15) is 0 Å². The molecule has 0 unspecified atom stereocenters. The first-order valence-corrected chi connectivity index (χ1v) is 7.64. The summed E-state index contributed by atoms with van der Waals surface area (Å²) in [6.07, 6.45) is -5.40. The van der Waals surface area contributed by atoms with Crippen LogP contribution in [0.3, 0.4) is 0 Å². The second-order valence-corrected chi connectivity index (χ2v) is 6.40. The summed E-state index contributed by atoms with van der Waals surface area (Å²) in [6, 6.07) is 2.68. The number of hydrogen-bond donors (Lipinski definition) is 2. The van der Waals surface area contributed by atoms with E-state index in [2.05, 4.69) is 4.72 Å². The minimum atomic E-state index is -4.62. The van der Waals surface area contributed by atoms with Gasteiger partial charge in [0.15, 0.2) is 0 Å². The van der Waals surface area contributed by atoms with Gasteiger partial charge in [-0.05, 0) is 24.6 Å². The molecule has 9 heteroatoms. The van der Waals surface area contributed by atoms with Gasteiger partial charge in [-0.1, -0.05) is 6.07 Å². The minimum absolute atomic E-state index is 0.0181. The maximum atomic E-state index is 12.6. The van der Waals surface area contributed by atoms with Crippen molar-refractivity contribution in [1.29, 1.82) is 0 Å². The summed E-state index contributed by atoms with van der Waals surface area (Å²) in [7, 11) is -4.14. The molecule has 1 aliphatic heterocycles. The zero-order valence-corrected chi connectivity index (χ0v) is 11.6. The lowest BCUT2D eigenvalue weighted by Crippen LogP contribution is -2.48. The summed E-state index contributed by atoms with van der Waals surface area (Å²) in [4.78, 5) is -0.490. The topological polar surface area (TPSA) is 75.6 Å². The van der Waals surface area contributed by atoms with E-state index >= 15 is 0 Å². The van der Waals surface area contributed by atoms with Gasteiger partial charge in [-0.15, -0.1) is 0 Å². The first-order chi connectivity index (χ1) is 9.70. The Hall–Kier alpha value is -1.16. The highest BCUT2D eigenvalue weighted by molar-refractivity contribution is 7.89. The summed E-state index contributed by atoms with van der Waals surface area (Å²) >= 11 is 0. The number of aliphatic hydroxyl groups excluding tert-OH is 1. The van der Waals surface area contributed by atoms with Gasteiger partial charge >= 0.3 is 6.18 Å². The number of alkyl halides is 3. The SMILES string of the molecule is O=S(=O)(N[C@@H]1CCOC[C@H]1O)c1cccc(C(F)(F)F)c1. The van der Waals surface area contributed by atoms with Crippen LogP contribution in [-0.2, 0) is 20.9 Å². The first kappa shape index (κ1) is 16.2. The van der Waals surface area contributed by atoms with Gasteiger partial charge < -0.3 is 9.84 Å². The Labute approximate surface area is 119 Å². The first-order valence-electron chi connectivity index (χ1n) is 6.15. The molecule has 5 nitrogen and oxygen atoms in total. The molecule has 0 aromatic heterocycles. The molecule has 1 fully saturated rings. The van der Waals surface area contributed by atoms with Crippen molar-refractivity contribution in [3.8, 4) is 0 Å². The van der Waals surface area contributed by atoms with Gasteiger partial charge in [-0.2, -0.15) is 13.2 Å². The fourth-order valence-corrected chi connectivity index (χ4v) is 3.32. The quantitative estimate of drug-likeness (QED) is 0.874. The summed E-state index contributed by atoms with van der Waals surface area (Å²) in [5.41, 5.74) is -1.04. The highest BCUT2D eigenvalue weighted by Gasteiger charge is 2.33. The molecule has 1 aliphatic rings. The molecule has 0 radical (unpaired) electrons. The molecule has 2 atom stereocenters. The minimum Gasteiger partial charge on any atom is -0.389 e. The van der Waals surface area contributed by atoms with E-state index in [0.29, 0.717) is 6.07 Å². The van der Waals surface area contributed by atoms with Crippen LogP contribution in [0.25, 0.3) is 0 Å². The fourth-order valence-electron chi connectivity index (χ4n) is 1.97. The number of aliphatic hydroxyl groups is 1. The van der Waals surface area contributed by atoms with Gasteiger partial charge in [-0.3, -0.25) is 0 Å². The Morgan fingerprint density at radius 1 is 1.33 bits per heavy atom. The maximum Gasteiger partial charge on any atom is 0.416 e. The molecule has 0 saturated carbocycles. The van der Waals surface area contributed by atoms with E-state index in [1.807, 2.05) is 0 Å². The van der Waals surface area contributed by atoms with Gasteiger partial charge in [0.05, 0.1) is 29.2 Å². The lowest BCUT2D eigenvalue weighted by molar-refractivity contribution is -0.137. The molecule has 118 valence electrons. The van der Waals surface area contributed by atoms with Crippen LogP contribution in [-0.4, -0.2) is 38.9 Å². The lowest BCUT2D eigenvalue weighted by atomic mass is 10.1. The van der Waals surface area contributed by atoms with Crippen molar-refractivity contribution >= 4 is 10.0 Å². The van der Waals surface area contributed by atoms with E-state index in [0.717, 1.165) is 18.2 Å². The molecule has 0 amide bonds. The van der Waals surface area contributed by atoms with Crippen molar-refractivity contribution in [3.63, 3.8) is 0 Å². The molecule has 21 heavy (non-hydrogen) atoms. The largest absolute Gasteiger partial charge is 0.416 e. The van der Waals surface area contributed by atoms with Gasteiger partial charge in [0.2, 0.25) is 10.0 Å². The van der Waals surface area contributed by atoms with Crippen molar-refractivity contribution in [3.05, 3.63) is 29.8 Å². The van der Waals surface area contributed by atoms with Crippen LogP contribution >= 0.6 is 0 Å². The Bertz CT molecular complexity index is 603. The molecule has 0 spiro atoms. The van der Waals surface area contributed by atoms with Crippen LogP contribution in [0.15, 0.2) is 29.2 Å². The molecule has 1 aromatic carbocycles. The van der Waals surface area contributed by atoms with Crippen molar-refractivity contribution in [1.82, 2.24) is 4.72 Å². The Balaban J connectivity index is 2.23. The number of halogens is 3. The number of benzene rings is 1. The van der Waals surface area contributed by atoms with Crippen LogP contribution in [0.5, 0.6) is 0 Å². The third-order valence-corrected chi connectivity index (χ3v) is 4.59. The molecule has 2 N–H and O–H groups in total. The third-order valence-electron chi connectivity index (χ3n) is 3.10. The number of rotatable bonds is 3. The van der Waals surface area contributed by atoms with Gasteiger partial charge in [-0.25, -0.2) is 13.1 Å². The Morgan fingerprint density at radius 2 is 2.05 bits per heavy atom. The van der Waals surface area contributed by atoms with E-state index in [1.54, 1.807) is 0 Å². The van der Waals surface area contributed by atoms with Crippen LogP contribution in [0.1, 0.15) is 12.0 Å². The van der Waals surface area contributed by atoms with Crippen LogP contribution in [0.2, 0.25) is 0 Å². The summed E-state index contributed by atoms with van der Waals surface area (Å²) in [5.74, 6) is 0. The standard InChI is InChI=1S/C12H14F3NO4S/c13-12(14,15)8-2-1-3-9(6-8)21(18,19)16-10-4-5-20-7-11(10)17/h1-3,6,10-11,16-17H,4-5,7H2/t10-,11-/m1/s1. The highest BCUT2D eigenvalue weighted by atomic mass is 32.2. The predicted molar refractivity (Wildman–Crippen MR) is 67.0 cm³/mol. The van der Waals surface area contributed by atoms with E-state index in [4.69, 9.17) is 4.74 Å². The molecule has 1 saturated heterocycles. The zero-order valence-electron chi connectivity index (χ0n) is 10.8. The van der Waals surface area contributed by atoms with Crippen molar-refractivity contribution < 1.29 is 31.4 Å².